The van der Waals surface area contributed by atoms with Gasteiger partial charge in [0.25, 0.3) is 5.91 Å². The van der Waals surface area contributed by atoms with E-state index in [1.807, 2.05) is 12.1 Å². The normalized spacial score (nSPS) is 10.6. The highest BCUT2D eigenvalue weighted by Crippen LogP contribution is 2.19. The minimum atomic E-state index is -0.678. The Balaban J connectivity index is 1.65. The van der Waals surface area contributed by atoms with Crippen molar-refractivity contribution in [3.05, 3.63) is 63.1 Å². The number of rotatable bonds is 7. The van der Waals surface area contributed by atoms with Gasteiger partial charge in [-0.05, 0) is 31.2 Å². The van der Waals surface area contributed by atoms with Crippen LogP contribution in [0.1, 0.15) is 17.4 Å². The number of aromatic nitrogens is 4. The molecule has 2 aromatic heterocycles. The summed E-state index contributed by atoms with van der Waals surface area (Å²) in [5.41, 5.74) is -0.222. The number of carbonyl (C=O) groups excluding carboxylic acids is 1. The van der Waals surface area contributed by atoms with E-state index in [0.717, 1.165) is 4.47 Å². The van der Waals surface area contributed by atoms with Crippen molar-refractivity contribution in [3.8, 4) is 5.75 Å². The Hall–Kier alpha value is -3.21. The summed E-state index contributed by atoms with van der Waals surface area (Å²) in [6.45, 7) is 2.33. The van der Waals surface area contributed by atoms with E-state index in [1.165, 1.54) is 21.8 Å². The molecule has 2 heterocycles. The fraction of sp³-hybridized carbons (Fsp3) is 0.188. The number of anilines is 1. The molecule has 27 heavy (non-hydrogen) atoms. The Morgan fingerprint density at radius 1 is 1.30 bits per heavy atom. The Bertz CT molecular complexity index is 966. The van der Waals surface area contributed by atoms with Crippen molar-refractivity contribution in [2.24, 2.45) is 0 Å². The van der Waals surface area contributed by atoms with Crippen molar-refractivity contribution in [2.75, 3.05) is 5.32 Å². The summed E-state index contributed by atoms with van der Waals surface area (Å²) in [7, 11) is 0. The van der Waals surface area contributed by atoms with Crippen LogP contribution in [0.25, 0.3) is 0 Å². The summed E-state index contributed by atoms with van der Waals surface area (Å²) >= 11 is 3.34. The number of ether oxygens (including phenoxy) is 1. The molecule has 0 bridgehead atoms. The maximum Gasteiger partial charge on any atom is 0.320 e. The van der Waals surface area contributed by atoms with Gasteiger partial charge in [-0.1, -0.05) is 15.9 Å². The lowest BCUT2D eigenvalue weighted by Gasteiger charge is -2.05. The van der Waals surface area contributed by atoms with Crippen molar-refractivity contribution in [3.63, 3.8) is 0 Å². The summed E-state index contributed by atoms with van der Waals surface area (Å²) in [4.78, 5) is 22.8. The Morgan fingerprint density at radius 2 is 2.04 bits per heavy atom. The lowest BCUT2D eigenvalue weighted by Crippen LogP contribution is -2.14. The zero-order valence-electron chi connectivity index (χ0n) is 14.2. The van der Waals surface area contributed by atoms with E-state index in [-0.39, 0.29) is 18.1 Å². The fourth-order valence-corrected chi connectivity index (χ4v) is 2.49. The molecule has 0 fully saturated rings. The Morgan fingerprint density at radius 3 is 2.70 bits per heavy atom. The molecule has 0 radical (unpaired) electrons. The minimum Gasteiger partial charge on any atom is -0.471 e. The van der Waals surface area contributed by atoms with Crippen LogP contribution in [0.4, 0.5) is 11.4 Å². The van der Waals surface area contributed by atoms with E-state index in [4.69, 9.17) is 4.74 Å². The van der Waals surface area contributed by atoms with Gasteiger partial charge < -0.3 is 10.1 Å². The van der Waals surface area contributed by atoms with Gasteiger partial charge in [0.05, 0.1) is 23.0 Å². The summed E-state index contributed by atoms with van der Waals surface area (Å²) in [5, 5.41) is 21.7. The highest BCUT2D eigenvalue weighted by molar-refractivity contribution is 9.10. The van der Waals surface area contributed by atoms with Gasteiger partial charge >= 0.3 is 5.69 Å². The van der Waals surface area contributed by atoms with Crippen LogP contribution in [0, 0.1) is 10.1 Å². The van der Waals surface area contributed by atoms with Crippen LogP contribution in [0.15, 0.2) is 47.3 Å². The molecule has 0 saturated carbocycles. The van der Waals surface area contributed by atoms with E-state index in [9.17, 15) is 14.9 Å². The smallest absolute Gasteiger partial charge is 0.320 e. The molecule has 0 aliphatic rings. The van der Waals surface area contributed by atoms with E-state index >= 15 is 0 Å². The maximum atomic E-state index is 12.3. The number of nitrogens with one attached hydrogen (secondary N) is 1. The lowest BCUT2D eigenvalue weighted by molar-refractivity contribution is -0.385. The molecule has 140 valence electrons. The Kier molecular flexibility index (Phi) is 5.50. The molecule has 0 aliphatic heterocycles. The Labute approximate surface area is 162 Å². The highest BCUT2D eigenvalue weighted by atomic mass is 79.9. The molecular weight excluding hydrogens is 420 g/mol. The van der Waals surface area contributed by atoms with Crippen LogP contribution >= 0.6 is 15.9 Å². The highest BCUT2D eigenvalue weighted by Gasteiger charge is 2.25. The van der Waals surface area contributed by atoms with E-state index < -0.39 is 10.8 Å². The molecule has 1 aromatic carbocycles. The quantitative estimate of drug-likeness (QED) is 0.450. The molecular formula is C16H15BrN6O4. The van der Waals surface area contributed by atoms with Crippen LogP contribution < -0.4 is 10.1 Å². The first kappa shape index (κ1) is 18.6. The molecule has 1 N–H and O–H groups in total. The third kappa shape index (κ3) is 4.50. The van der Waals surface area contributed by atoms with Crippen molar-refractivity contribution in [2.45, 2.75) is 20.2 Å². The van der Waals surface area contributed by atoms with Gasteiger partial charge in [-0.3, -0.25) is 19.6 Å². The minimum absolute atomic E-state index is 0.141. The number of carbonyl (C=O) groups is 1. The number of halogens is 1. The zero-order valence-corrected chi connectivity index (χ0v) is 15.8. The number of benzene rings is 1. The van der Waals surface area contributed by atoms with Crippen LogP contribution in [-0.4, -0.2) is 30.4 Å². The topological polar surface area (TPSA) is 117 Å². The van der Waals surface area contributed by atoms with E-state index in [2.05, 4.69) is 31.4 Å². The fourth-order valence-electron chi connectivity index (χ4n) is 2.23. The molecule has 0 saturated heterocycles. The van der Waals surface area contributed by atoms with Crippen LogP contribution in [0.5, 0.6) is 5.75 Å². The standard InChI is InChI=1S/C16H15BrN6O4/c1-2-21-9-14(23(25)26)15(20-21)16(24)19-12-7-18-22(8-12)10-27-13-5-3-11(17)4-6-13/h3-9H,2,10H2,1H3,(H,19,24). The average molecular weight is 435 g/mol. The molecule has 0 aliphatic carbocycles. The third-order valence-corrected chi connectivity index (χ3v) is 4.08. The van der Waals surface area contributed by atoms with Gasteiger partial charge in [-0.2, -0.15) is 10.2 Å². The van der Waals surface area contributed by atoms with Crippen molar-refractivity contribution >= 4 is 33.2 Å². The summed E-state index contributed by atoms with van der Waals surface area (Å²) in [6.07, 6.45) is 4.20. The summed E-state index contributed by atoms with van der Waals surface area (Å²) < 4.78 is 9.34. The SMILES string of the molecule is CCn1cc([N+](=O)[O-])c(C(=O)Nc2cnn(COc3ccc(Br)cc3)c2)n1. The molecule has 1 amide bonds. The molecule has 10 nitrogen and oxygen atoms in total. The van der Waals surface area contributed by atoms with Crippen molar-refractivity contribution in [1.82, 2.24) is 19.6 Å². The third-order valence-electron chi connectivity index (χ3n) is 3.55. The number of hydrogen-bond acceptors (Lipinski definition) is 6. The number of hydrogen-bond donors (Lipinski definition) is 1. The molecule has 3 aromatic rings. The second kappa shape index (κ2) is 7.99. The van der Waals surface area contributed by atoms with Crippen molar-refractivity contribution < 1.29 is 14.5 Å². The predicted octanol–water partition coefficient (Wildman–Crippen LogP) is 3.06. The zero-order chi connectivity index (χ0) is 19.4. The second-order valence-corrected chi connectivity index (χ2v) is 6.34. The maximum absolute atomic E-state index is 12.3. The summed E-state index contributed by atoms with van der Waals surface area (Å²) in [6, 6.07) is 7.32. The monoisotopic (exact) mass is 434 g/mol. The number of nitrogens with zero attached hydrogens (tertiary/aromatic N) is 5. The number of nitro groups is 1. The number of amides is 1. The van der Waals surface area contributed by atoms with Gasteiger partial charge in [0.15, 0.2) is 6.73 Å². The lowest BCUT2D eigenvalue weighted by atomic mass is 10.3. The number of aryl methyl sites for hydroxylation is 1. The van der Waals surface area contributed by atoms with Gasteiger partial charge in [0.2, 0.25) is 5.69 Å². The first-order valence-corrected chi connectivity index (χ1v) is 8.69. The van der Waals surface area contributed by atoms with Crippen LogP contribution in [0.3, 0.4) is 0 Å². The molecule has 3 rings (SSSR count). The van der Waals surface area contributed by atoms with Gasteiger partial charge in [-0.15, -0.1) is 0 Å². The van der Waals surface area contributed by atoms with E-state index in [1.54, 1.807) is 25.3 Å². The predicted molar refractivity (Wildman–Crippen MR) is 99.5 cm³/mol. The van der Waals surface area contributed by atoms with Crippen LogP contribution in [-0.2, 0) is 13.3 Å². The molecule has 11 heteroatoms. The summed E-state index contributed by atoms with van der Waals surface area (Å²) in [5.74, 6) is -0.0118. The first-order valence-electron chi connectivity index (χ1n) is 7.90. The van der Waals surface area contributed by atoms with Crippen LogP contribution in [0.2, 0.25) is 0 Å². The molecule has 0 spiro atoms. The van der Waals surface area contributed by atoms with Gasteiger partial charge in [-0.25, -0.2) is 4.68 Å². The molecule has 0 atom stereocenters. The van der Waals surface area contributed by atoms with Gasteiger partial charge in [0, 0.05) is 11.0 Å². The molecule has 0 unspecified atom stereocenters. The second-order valence-electron chi connectivity index (χ2n) is 5.43. The average Bonchev–Trinajstić information content (AvgIpc) is 3.28. The van der Waals surface area contributed by atoms with Gasteiger partial charge in [0.1, 0.15) is 11.9 Å². The first-order chi connectivity index (χ1) is 13.0. The van der Waals surface area contributed by atoms with E-state index in [0.29, 0.717) is 18.0 Å². The van der Waals surface area contributed by atoms with Crippen molar-refractivity contribution in [1.29, 1.82) is 0 Å². The largest absolute Gasteiger partial charge is 0.471 e.